The molecular weight excluding hydrogens is 208 g/mol. The van der Waals surface area contributed by atoms with Crippen molar-refractivity contribution in [2.75, 3.05) is 0 Å². The largest absolute Gasteiger partial charge is 0.456 e. The Morgan fingerprint density at radius 1 is 1.50 bits per heavy atom. The van der Waals surface area contributed by atoms with Gasteiger partial charge in [0.25, 0.3) is 0 Å². The molecule has 2 heterocycles. The first-order valence-corrected chi connectivity index (χ1v) is 4.76. The second kappa shape index (κ2) is 4.14. The average Bonchev–Trinajstić information content (AvgIpc) is 2.71. The molecule has 2 aromatic rings. The van der Waals surface area contributed by atoms with E-state index in [-0.39, 0.29) is 18.0 Å². The molecule has 0 N–H and O–H groups in total. The minimum Gasteiger partial charge on any atom is -0.456 e. The van der Waals surface area contributed by atoms with Gasteiger partial charge < -0.3 is 4.42 Å². The SMILES string of the molecule is Cc1cnc(=O)n(Cc2ccc(C=O)o2)c1. The van der Waals surface area contributed by atoms with Gasteiger partial charge in [0.05, 0.1) is 6.54 Å². The number of hydrogen-bond donors (Lipinski definition) is 0. The molecule has 2 aromatic heterocycles. The van der Waals surface area contributed by atoms with E-state index in [1.165, 1.54) is 10.8 Å². The van der Waals surface area contributed by atoms with Gasteiger partial charge in [0.1, 0.15) is 5.76 Å². The lowest BCUT2D eigenvalue weighted by atomic mass is 10.4. The summed E-state index contributed by atoms with van der Waals surface area (Å²) < 4.78 is 6.61. The summed E-state index contributed by atoms with van der Waals surface area (Å²) in [5.41, 5.74) is 0.552. The quantitative estimate of drug-likeness (QED) is 0.721. The molecule has 82 valence electrons. The Hall–Kier alpha value is -2.17. The van der Waals surface area contributed by atoms with Crippen molar-refractivity contribution >= 4 is 6.29 Å². The number of carbonyl (C=O) groups excluding carboxylic acids is 1. The van der Waals surface area contributed by atoms with E-state index in [1.54, 1.807) is 18.3 Å². The van der Waals surface area contributed by atoms with Gasteiger partial charge in [-0.1, -0.05) is 0 Å². The first-order valence-electron chi connectivity index (χ1n) is 4.76. The van der Waals surface area contributed by atoms with Crippen LogP contribution in [-0.2, 0) is 6.54 Å². The normalized spacial score (nSPS) is 10.3. The number of rotatable bonds is 3. The molecule has 0 saturated carbocycles. The van der Waals surface area contributed by atoms with Crippen molar-refractivity contribution in [3.05, 3.63) is 52.1 Å². The van der Waals surface area contributed by atoms with Crippen LogP contribution in [0.25, 0.3) is 0 Å². The van der Waals surface area contributed by atoms with E-state index in [2.05, 4.69) is 4.98 Å². The Morgan fingerprint density at radius 2 is 2.31 bits per heavy atom. The molecule has 0 spiro atoms. The molecule has 5 nitrogen and oxygen atoms in total. The van der Waals surface area contributed by atoms with Crippen LogP contribution in [0.15, 0.2) is 33.7 Å². The van der Waals surface area contributed by atoms with Crippen LogP contribution < -0.4 is 5.69 Å². The molecular formula is C11H10N2O3. The van der Waals surface area contributed by atoms with E-state index in [0.29, 0.717) is 12.0 Å². The van der Waals surface area contributed by atoms with Gasteiger partial charge in [0.15, 0.2) is 12.0 Å². The Bertz CT molecular complexity index is 569. The lowest BCUT2D eigenvalue weighted by molar-refractivity contribution is 0.109. The fourth-order valence-electron chi connectivity index (χ4n) is 1.39. The van der Waals surface area contributed by atoms with Gasteiger partial charge in [0.2, 0.25) is 0 Å². The zero-order valence-corrected chi connectivity index (χ0v) is 8.71. The second-order valence-corrected chi connectivity index (χ2v) is 3.46. The highest BCUT2D eigenvalue weighted by atomic mass is 16.3. The maximum Gasteiger partial charge on any atom is 0.347 e. The van der Waals surface area contributed by atoms with Crippen molar-refractivity contribution in [1.29, 1.82) is 0 Å². The number of furan rings is 1. The smallest absolute Gasteiger partial charge is 0.347 e. The molecule has 0 amide bonds. The minimum atomic E-state index is -0.338. The molecule has 0 saturated heterocycles. The number of carbonyl (C=O) groups is 1. The van der Waals surface area contributed by atoms with Crippen molar-refractivity contribution in [3.8, 4) is 0 Å². The summed E-state index contributed by atoms with van der Waals surface area (Å²) in [5.74, 6) is 0.806. The van der Waals surface area contributed by atoms with Gasteiger partial charge in [-0.15, -0.1) is 0 Å². The molecule has 0 aliphatic rings. The summed E-state index contributed by atoms with van der Waals surface area (Å²) in [4.78, 5) is 25.5. The standard InChI is InChI=1S/C11H10N2O3/c1-8-4-12-11(15)13(5-8)6-9-2-3-10(7-14)16-9/h2-5,7H,6H2,1H3. The summed E-state index contributed by atoms with van der Waals surface area (Å²) >= 11 is 0. The van der Waals surface area contributed by atoms with Crippen molar-refractivity contribution < 1.29 is 9.21 Å². The van der Waals surface area contributed by atoms with Crippen molar-refractivity contribution in [3.63, 3.8) is 0 Å². The Balaban J connectivity index is 2.29. The third kappa shape index (κ3) is 2.08. The molecule has 0 aromatic carbocycles. The minimum absolute atomic E-state index is 0.253. The molecule has 2 rings (SSSR count). The van der Waals surface area contributed by atoms with E-state index < -0.39 is 0 Å². The number of aromatic nitrogens is 2. The van der Waals surface area contributed by atoms with E-state index in [9.17, 15) is 9.59 Å². The molecule has 5 heteroatoms. The third-order valence-electron chi connectivity index (χ3n) is 2.11. The Labute approximate surface area is 91.3 Å². The highest BCUT2D eigenvalue weighted by Gasteiger charge is 2.04. The fourth-order valence-corrected chi connectivity index (χ4v) is 1.39. The van der Waals surface area contributed by atoms with Crippen LogP contribution in [0.2, 0.25) is 0 Å². The number of aryl methyl sites for hydroxylation is 1. The lowest BCUT2D eigenvalue weighted by Crippen LogP contribution is -2.22. The van der Waals surface area contributed by atoms with Gasteiger partial charge in [-0.3, -0.25) is 9.36 Å². The first-order chi connectivity index (χ1) is 7.69. The predicted molar refractivity (Wildman–Crippen MR) is 56.4 cm³/mol. The van der Waals surface area contributed by atoms with E-state index in [0.717, 1.165) is 5.56 Å². The third-order valence-corrected chi connectivity index (χ3v) is 2.11. The highest BCUT2D eigenvalue weighted by molar-refractivity contribution is 5.70. The van der Waals surface area contributed by atoms with Gasteiger partial charge >= 0.3 is 5.69 Å². The zero-order valence-electron chi connectivity index (χ0n) is 8.71. The maximum atomic E-state index is 11.4. The Kier molecular flexibility index (Phi) is 2.68. The lowest BCUT2D eigenvalue weighted by Gasteiger charge is -2.02. The van der Waals surface area contributed by atoms with Crippen LogP contribution in [0, 0.1) is 6.92 Å². The predicted octanol–water partition coefficient (Wildman–Crippen LogP) is 1.01. The molecule has 0 aliphatic heterocycles. The summed E-state index contributed by atoms with van der Waals surface area (Å²) in [6.07, 6.45) is 3.83. The van der Waals surface area contributed by atoms with Crippen LogP contribution in [-0.4, -0.2) is 15.8 Å². The van der Waals surface area contributed by atoms with Crippen molar-refractivity contribution in [1.82, 2.24) is 9.55 Å². The van der Waals surface area contributed by atoms with E-state index >= 15 is 0 Å². The van der Waals surface area contributed by atoms with Crippen molar-refractivity contribution in [2.45, 2.75) is 13.5 Å². The summed E-state index contributed by atoms with van der Waals surface area (Å²) in [7, 11) is 0. The molecule has 0 aliphatic carbocycles. The second-order valence-electron chi connectivity index (χ2n) is 3.46. The average molecular weight is 218 g/mol. The van der Waals surface area contributed by atoms with Gasteiger partial charge in [0, 0.05) is 12.4 Å². The fraction of sp³-hybridized carbons (Fsp3) is 0.182. The van der Waals surface area contributed by atoms with Crippen molar-refractivity contribution in [2.24, 2.45) is 0 Å². The molecule has 0 radical (unpaired) electrons. The number of aldehydes is 1. The molecule has 0 bridgehead atoms. The highest BCUT2D eigenvalue weighted by Crippen LogP contribution is 2.06. The number of nitrogens with zero attached hydrogens (tertiary/aromatic N) is 2. The zero-order chi connectivity index (χ0) is 11.5. The molecule has 0 atom stereocenters. The van der Waals surface area contributed by atoms with Gasteiger partial charge in [-0.05, 0) is 24.6 Å². The van der Waals surface area contributed by atoms with E-state index in [1.807, 2.05) is 6.92 Å². The summed E-state index contributed by atoms with van der Waals surface area (Å²) in [6, 6.07) is 3.23. The summed E-state index contributed by atoms with van der Waals surface area (Å²) in [5, 5.41) is 0. The monoisotopic (exact) mass is 218 g/mol. The maximum absolute atomic E-state index is 11.4. The molecule has 0 unspecified atom stereocenters. The summed E-state index contributed by atoms with van der Waals surface area (Å²) in [6.45, 7) is 2.13. The van der Waals surface area contributed by atoms with Crippen LogP contribution in [0.1, 0.15) is 21.9 Å². The van der Waals surface area contributed by atoms with Crippen LogP contribution >= 0.6 is 0 Å². The Morgan fingerprint density at radius 3 is 3.00 bits per heavy atom. The van der Waals surface area contributed by atoms with Crippen LogP contribution in [0.3, 0.4) is 0 Å². The first kappa shape index (κ1) is 10.4. The topological polar surface area (TPSA) is 65.1 Å². The molecule has 16 heavy (non-hydrogen) atoms. The van der Waals surface area contributed by atoms with Gasteiger partial charge in [-0.25, -0.2) is 9.78 Å². The van der Waals surface area contributed by atoms with E-state index in [4.69, 9.17) is 4.42 Å². The number of hydrogen-bond acceptors (Lipinski definition) is 4. The van der Waals surface area contributed by atoms with Gasteiger partial charge in [-0.2, -0.15) is 0 Å². The van der Waals surface area contributed by atoms with Crippen LogP contribution in [0.5, 0.6) is 0 Å². The van der Waals surface area contributed by atoms with Crippen LogP contribution in [0.4, 0.5) is 0 Å². The molecule has 0 fully saturated rings.